The second kappa shape index (κ2) is 9.67. The fourth-order valence-electron chi connectivity index (χ4n) is 4.55. The Hall–Kier alpha value is -2.32. The lowest BCUT2D eigenvalue weighted by Gasteiger charge is -2.36. The van der Waals surface area contributed by atoms with E-state index in [4.69, 9.17) is 0 Å². The Kier molecular flexibility index (Phi) is 6.90. The zero-order chi connectivity index (χ0) is 22.7. The average Bonchev–Trinajstić information content (AvgIpc) is 2.98. The Labute approximate surface area is 187 Å². The maximum atomic E-state index is 13.7. The van der Waals surface area contributed by atoms with Gasteiger partial charge in [0.1, 0.15) is 5.82 Å². The minimum absolute atomic E-state index is 0.272. The van der Waals surface area contributed by atoms with E-state index in [-0.39, 0.29) is 12.4 Å². The van der Waals surface area contributed by atoms with E-state index >= 15 is 0 Å². The van der Waals surface area contributed by atoms with Gasteiger partial charge in [-0.05, 0) is 68.0 Å². The van der Waals surface area contributed by atoms with Crippen molar-refractivity contribution >= 4 is 11.4 Å². The summed E-state index contributed by atoms with van der Waals surface area (Å²) < 4.78 is 54.4. The summed E-state index contributed by atoms with van der Waals surface area (Å²) in [6, 6.07) is 11.0. The monoisotopic (exact) mass is 450 g/mol. The highest BCUT2D eigenvalue weighted by Gasteiger charge is 2.34. The molecule has 4 rings (SSSR count). The molecule has 0 unspecified atom stereocenters. The number of nitrogens with zero attached hydrogens (tertiary/aromatic N) is 4. The van der Waals surface area contributed by atoms with E-state index < -0.39 is 11.7 Å². The highest BCUT2D eigenvalue weighted by atomic mass is 19.4. The van der Waals surface area contributed by atoms with E-state index in [1.54, 1.807) is 24.3 Å². The standard InChI is InChI=1S/C24H30F4N4/c1-29-9-2-10-31(14-11-29)22-7-8-23(24(26,27)28)19(17-22)18-30-12-15-32(16-13-30)21-5-3-20(25)4-6-21/h3-8,17H,2,9-16,18H2,1H3. The molecule has 0 aromatic heterocycles. The van der Waals surface area contributed by atoms with Crippen molar-refractivity contribution in [1.82, 2.24) is 9.80 Å². The lowest BCUT2D eigenvalue weighted by Crippen LogP contribution is -2.46. The van der Waals surface area contributed by atoms with Crippen LogP contribution >= 0.6 is 0 Å². The van der Waals surface area contributed by atoms with Crippen LogP contribution in [0.25, 0.3) is 0 Å². The summed E-state index contributed by atoms with van der Waals surface area (Å²) >= 11 is 0. The van der Waals surface area contributed by atoms with E-state index in [2.05, 4.69) is 26.6 Å². The molecule has 2 saturated heterocycles. The van der Waals surface area contributed by atoms with E-state index in [1.165, 1.54) is 18.2 Å². The van der Waals surface area contributed by atoms with E-state index in [0.29, 0.717) is 31.7 Å². The Morgan fingerprint density at radius 1 is 0.750 bits per heavy atom. The molecule has 0 spiro atoms. The largest absolute Gasteiger partial charge is 0.416 e. The normalized spacial score (nSPS) is 19.3. The van der Waals surface area contributed by atoms with Gasteiger partial charge in [0, 0.05) is 63.7 Å². The Bertz CT molecular complexity index is 892. The molecule has 2 aliphatic rings. The van der Waals surface area contributed by atoms with Crippen molar-refractivity contribution < 1.29 is 17.6 Å². The van der Waals surface area contributed by atoms with Crippen LogP contribution in [0.1, 0.15) is 17.5 Å². The summed E-state index contributed by atoms with van der Waals surface area (Å²) in [5, 5.41) is 0. The fraction of sp³-hybridized carbons (Fsp3) is 0.500. The summed E-state index contributed by atoms with van der Waals surface area (Å²) in [6.45, 7) is 6.57. The first-order valence-corrected chi connectivity index (χ1v) is 11.2. The van der Waals surface area contributed by atoms with Crippen molar-refractivity contribution in [2.24, 2.45) is 0 Å². The smallest absolute Gasteiger partial charge is 0.370 e. The van der Waals surface area contributed by atoms with Crippen molar-refractivity contribution in [3.8, 4) is 0 Å². The summed E-state index contributed by atoms with van der Waals surface area (Å²) in [6.07, 6.45) is -3.37. The van der Waals surface area contributed by atoms with Crippen LogP contribution < -0.4 is 9.80 Å². The molecular formula is C24H30F4N4. The zero-order valence-corrected chi connectivity index (χ0v) is 18.4. The van der Waals surface area contributed by atoms with E-state index in [0.717, 1.165) is 44.0 Å². The highest BCUT2D eigenvalue weighted by molar-refractivity contribution is 5.52. The maximum absolute atomic E-state index is 13.7. The number of halogens is 4. The summed E-state index contributed by atoms with van der Waals surface area (Å²) in [5.41, 5.74) is 1.60. The predicted molar refractivity (Wildman–Crippen MR) is 120 cm³/mol. The average molecular weight is 451 g/mol. The van der Waals surface area contributed by atoms with Gasteiger partial charge in [0.05, 0.1) is 5.56 Å². The van der Waals surface area contributed by atoms with Crippen molar-refractivity contribution in [3.05, 3.63) is 59.4 Å². The van der Waals surface area contributed by atoms with Gasteiger partial charge < -0.3 is 14.7 Å². The first-order valence-electron chi connectivity index (χ1n) is 11.2. The molecule has 2 fully saturated rings. The van der Waals surface area contributed by atoms with Gasteiger partial charge in [0.25, 0.3) is 0 Å². The second-order valence-electron chi connectivity index (χ2n) is 8.72. The minimum Gasteiger partial charge on any atom is -0.370 e. The number of hydrogen-bond donors (Lipinski definition) is 0. The molecule has 4 nitrogen and oxygen atoms in total. The summed E-state index contributed by atoms with van der Waals surface area (Å²) in [5.74, 6) is -0.275. The number of hydrogen-bond acceptors (Lipinski definition) is 4. The maximum Gasteiger partial charge on any atom is 0.416 e. The third kappa shape index (κ3) is 5.53. The predicted octanol–water partition coefficient (Wildman–Crippen LogP) is 4.31. The lowest BCUT2D eigenvalue weighted by atomic mass is 10.0. The van der Waals surface area contributed by atoms with Crippen LogP contribution in [0.2, 0.25) is 0 Å². The van der Waals surface area contributed by atoms with Gasteiger partial charge in [0.2, 0.25) is 0 Å². The van der Waals surface area contributed by atoms with Gasteiger partial charge in [-0.2, -0.15) is 13.2 Å². The molecule has 2 aromatic rings. The molecule has 0 saturated carbocycles. The van der Waals surface area contributed by atoms with Crippen LogP contribution in [-0.2, 0) is 12.7 Å². The number of anilines is 2. The number of benzene rings is 2. The first kappa shape index (κ1) is 22.9. The molecule has 174 valence electrons. The topological polar surface area (TPSA) is 13.0 Å². The van der Waals surface area contributed by atoms with Crippen LogP contribution in [-0.4, -0.2) is 69.2 Å². The highest BCUT2D eigenvalue weighted by Crippen LogP contribution is 2.35. The lowest BCUT2D eigenvalue weighted by molar-refractivity contribution is -0.138. The minimum atomic E-state index is -4.37. The van der Waals surface area contributed by atoms with Gasteiger partial charge in [-0.3, -0.25) is 4.90 Å². The van der Waals surface area contributed by atoms with Gasteiger partial charge in [-0.1, -0.05) is 0 Å². The molecule has 8 heteroatoms. The molecule has 32 heavy (non-hydrogen) atoms. The van der Waals surface area contributed by atoms with Gasteiger partial charge >= 0.3 is 6.18 Å². The van der Waals surface area contributed by atoms with E-state index in [1.807, 2.05) is 0 Å². The van der Waals surface area contributed by atoms with Crippen LogP contribution in [0.3, 0.4) is 0 Å². The molecular weight excluding hydrogens is 420 g/mol. The first-order chi connectivity index (χ1) is 15.3. The molecule has 0 aliphatic carbocycles. The van der Waals surface area contributed by atoms with Crippen molar-refractivity contribution in [2.75, 3.05) is 69.2 Å². The summed E-state index contributed by atoms with van der Waals surface area (Å²) in [7, 11) is 2.08. The molecule has 0 radical (unpaired) electrons. The van der Waals surface area contributed by atoms with Crippen LogP contribution in [0.15, 0.2) is 42.5 Å². The van der Waals surface area contributed by atoms with Crippen molar-refractivity contribution in [1.29, 1.82) is 0 Å². The quantitative estimate of drug-likeness (QED) is 0.644. The SMILES string of the molecule is CN1CCCN(c2ccc(C(F)(F)F)c(CN3CCN(c4ccc(F)cc4)CC3)c2)CC1. The van der Waals surface area contributed by atoms with Gasteiger partial charge in [-0.25, -0.2) is 4.39 Å². The molecule has 0 atom stereocenters. The Morgan fingerprint density at radius 3 is 2.06 bits per heavy atom. The van der Waals surface area contributed by atoms with Gasteiger partial charge in [-0.15, -0.1) is 0 Å². The number of alkyl halides is 3. The van der Waals surface area contributed by atoms with Crippen LogP contribution in [0, 0.1) is 5.82 Å². The molecule has 2 aliphatic heterocycles. The van der Waals surface area contributed by atoms with Crippen LogP contribution in [0.5, 0.6) is 0 Å². The Balaban J connectivity index is 1.47. The third-order valence-corrected chi connectivity index (χ3v) is 6.44. The molecule has 0 N–H and O–H groups in total. The fourth-order valence-corrected chi connectivity index (χ4v) is 4.55. The molecule has 2 aromatic carbocycles. The van der Waals surface area contributed by atoms with Crippen molar-refractivity contribution in [3.63, 3.8) is 0 Å². The molecule has 2 heterocycles. The second-order valence-corrected chi connectivity index (χ2v) is 8.72. The zero-order valence-electron chi connectivity index (χ0n) is 18.4. The molecule has 0 bridgehead atoms. The number of likely N-dealkylation sites (N-methyl/N-ethyl adjacent to an activating group) is 1. The number of rotatable bonds is 4. The molecule has 0 amide bonds. The third-order valence-electron chi connectivity index (χ3n) is 6.44. The van der Waals surface area contributed by atoms with Gasteiger partial charge in [0.15, 0.2) is 0 Å². The summed E-state index contributed by atoms with van der Waals surface area (Å²) in [4.78, 5) is 8.67. The van der Waals surface area contributed by atoms with Crippen LogP contribution in [0.4, 0.5) is 28.9 Å². The Morgan fingerprint density at radius 2 is 1.38 bits per heavy atom. The van der Waals surface area contributed by atoms with Crippen molar-refractivity contribution in [2.45, 2.75) is 19.1 Å². The number of piperazine rings is 1. The van der Waals surface area contributed by atoms with E-state index in [9.17, 15) is 17.6 Å².